The molecular weight excluding hydrogens is 254 g/mol. The van der Waals surface area contributed by atoms with E-state index >= 15 is 0 Å². The molecular formula is C16H19NO3. The van der Waals surface area contributed by atoms with Crippen LogP contribution in [0.25, 0.3) is 0 Å². The average Bonchev–Trinajstić information content (AvgIpc) is 2.67. The van der Waals surface area contributed by atoms with Crippen LogP contribution in [0.5, 0.6) is 0 Å². The van der Waals surface area contributed by atoms with Crippen molar-refractivity contribution in [1.29, 1.82) is 0 Å². The van der Waals surface area contributed by atoms with E-state index in [1.54, 1.807) is 24.3 Å². The largest absolute Gasteiger partial charge is 0.393 e. The lowest BCUT2D eigenvalue weighted by atomic mass is 10.1. The van der Waals surface area contributed by atoms with E-state index in [9.17, 15) is 14.7 Å². The number of imide groups is 1. The van der Waals surface area contributed by atoms with Crippen molar-refractivity contribution in [2.24, 2.45) is 0 Å². The lowest BCUT2D eigenvalue weighted by Crippen LogP contribution is -2.32. The average molecular weight is 273 g/mol. The molecule has 2 rings (SSSR count). The second-order valence-electron chi connectivity index (χ2n) is 5.25. The topological polar surface area (TPSA) is 57.6 Å². The summed E-state index contributed by atoms with van der Waals surface area (Å²) in [5, 5.41) is 9.86. The Morgan fingerprint density at radius 2 is 1.75 bits per heavy atom. The fourth-order valence-corrected chi connectivity index (χ4v) is 2.28. The summed E-state index contributed by atoms with van der Waals surface area (Å²) in [5.41, 5.74) is 1.92. The second-order valence-corrected chi connectivity index (χ2v) is 5.25. The van der Waals surface area contributed by atoms with Gasteiger partial charge in [-0.25, -0.2) is 0 Å². The number of carbonyl (C=O) groups excluding carboxylic acids is 2. The maximum absolute atomic E-state index is 12.1. The minimum Gasteiger partial charge on any atom is -0.393 e. The number of hydrogen-bond donors (Lipinski definition) is 1. The third-order valence-corrected chi connectivity index (χ3v) is 3.47. The van der Waals surface area contributed by atoms with Crippen molar-refractivity contribution in [1.82, 2.24) is 4.90 Å². The van der Waals surface area contributed by atoms with Crippen molar-refractivity contribution >= 4 is 11.8 Å². The third-order valence-electron chi connectivity index (χ3n) is 3.47. The van der Waals surface area contributed by atoms with Crippen LogP contribution in [0.3, 0.4) is 0 Å². The van der Waals surface area contributed by atoms with Crippen molar-refractivity contribution in [2.75, 3.05) is 6.54 Å². The lowest BCUT2D eigenvalue weighted by Gasteiger charge is -2.16. The van der Waals surface area contributed by atoms with E-state index in [1.165, 1.54) is 4.90 Å². The Morgan fingerprint density at radius 1 is 1.20 bits per heavy atom. The Labute approximate surface area is 118 Å². The maximum Gasteiger partial charge on any atom is 0.261 e. The van der Waals surface area contributed by atoms with Crippen molar-refractivity contribution < 1.29 is 14.7 Å². The molecule has 0 radical (unpaired) electrons. The molecule has 1 unspecified atom stereocenters. The van der Waals surface area contributed by atoms with Gasteiger partial charge in [-0.15, -0.1) is 6.58 Å². The Hall–Kier alpha value is -1.94. The molecule has 4 nitrogen and oxygen atoms in total. The van der Waals surface area contributed by atoms with Crippen LogP contribution in [0.15, 0.2) is 36.4 Å². The summed E-state index contributed by atoms with van der Waals surface area (Å²) < 4.78 is 0. The zero-order chi connectivity index (χ0) is 14.7. The van der Waals surface area contributed by atoms with Gasteiger partial charge in [0.1, 0.15) is 0 Å². The molecule has 1 aromatic carbocycles. The molecule has 1 aliphatic heterocycles. The summed E-state index contributed by atoms with van der Waals surface area (Å²) in [5.74, 6) is -0.532. The van der Waals surface area contributed by atoms with Crippen molar-refractivity contribution in [2.45, 2.75) is 32.3 Å². The van der Waals surface area contributed by atoms with Gasteiger partial charge in [0, 0.05) is 6.54 Å². The molecule has 1 aliphatic rings. The SMILES string of the molecule is C=C(C)CCC(O)CCN1C(=O)c2ccccc2C1=O. The first-order valence-corrected chi connectivity index (χ1v) is 6.78. The number of allylic oxidation sites excluding steroid dienone is 1. The molecule has 0 bridgehead atoms. The van der Waals surface area contributed by atoms with E-state index in [0.29, 0.717) is 24.0 Å². The summed E-state index contributed by atoms with van der Waals surface area (Å²) in [6.07, 6.45) is 1.25. The minimum atomic E-state index is -0.518. The number of carbonyl (C=O) groups is 2. The Morgan fingerprint density at radius 3 is 2.25 bits per heavy atom. The quantitative estimate of drug-likeness (QED) is 0.639. The Bertz CT molecular complexity index is 515. The smallest absolute Gasteiger partial charge is 0.261 e. The fourth-order valence-electron chi connectivity index (χ4n) is 2.28. The number of hydrogen-bond acceptors (Lipinski definition) is 3. The first-order valence-electron chi connectivity index (χ1n) is 6.78. The first kappa shape index (κ1) is 14.5. The van der Waals surface area contributed by atoms with Gasteiger partial charge in [0.15, 0.2) is 0 Å². The zero-order valence-corrected chi connectivity index (χ0v) is 11.6. The van der Waals surface area contributed by atoms with E-state index in [-0.39, 0.29) is 18.4 Å². The van der Waals surface area contributed by atoms with E-state index < -0.39 is 6.10 Å². The highest BCUT2D eigenvalue weighted by atomic mass is 16.3. The fraction of sp³-hybridized carbons (Fsp3) is 0.375. The van der Waals surface area contributed by atoms with E-state index in [0.717, 1.165) is 12.0 Å². The van der Waals surface area contributed by atoms with Crippen LogP contribution >= 0.6 is 0 Å². The predicted octanol–water partition coefficient (Wildman–Crippen LogP) is 2.39. The van der Waals surface area contributed by atoms with Gasteiger partial charge in [0.05, 0.1) is 17.2 Å². The molecule has 0 saturated carbocycles. The van der Waals surface area contributed by atoms with Gasteiger partial charge in [-0.05, 0) is 38.3 Å². The maximum atomic E-state index is 12.1. The minimum absolute atomic E-state index is 0.254. The van der Waals surface area contributed by atoms with Gasteiger partial charge >= 0.3 is 0 Å². The number of benzene rings is 1. The molecule has 1 heterocycles. The van der Waals surface area contributed by atoms with Gasteiger partial charge in [-0.3, -0.25) is 14.5 Å². The highest BCUT2D eigenvalue weighted by Gasteiger charge is 2.34. The summed E-state index contributed by atoms with van der Waals surface area (Å²) in [6, 6.07) is 6.81. The van der Waals surface area contributed by atoms with Crippen molar-refractivity contribution in [3.8, 4) is 0 Å². The molecule has 1 N–H and O–H groups in total. The highest BCUT2D eigenvalue weighted by Crippen LogP contribution is 2.23. The summed E-state index contributed by atoms with van der Waals surface area (Å²) in [7, 11) is 0. The van der Waals surface area contributed by atoms with Gasteiger partial charge < -0.3 is 5.11 Å². The normalized spacial score (nSPS) is 15.4. The standard InChI is InChI=1S/C16H19NO3/c1-11(2)7-8-12(18)9-10-17-15(19)13-5-3-4-6-14(13)16(17)20/h3-6,12,18H,1,7-10H2,2H3. The number of fused-ring (bicyclic) bond motifs is 1. The molecule has 0 spiro atoms. The van der Waals surface area contributed by atoms with Gasteiger partial charge in [0.2, 0.25) is 0 Å². The number of nitrogens with zero attached hydrogens (tertiary/aromatic N) is 1. The number of amides is 2. The van der Waals surface area contributed by atoms with Crippen LogP contribution in [0.2, 0.25) is 0 Å². The van der Waals surface area contributed by atoms with Crippen LogP contribution in [-0.2, 0) is 0 Å². The van der Waals surface area contributed by atoms with Crippen LogP contribution in [-0.4, -0.2) is 34.5 Å². The molecule has 0 saturated heterocycles. The Balaban J connectivity index is 1.94. The van der Waals surface area contributed by atoms with Gasteiger partial charge in [-0.2, -0.15) is 0 Å². The molecule has 2 amide bonds. The van der Waals surface area contributed by atoms with E-state index in [1.807, 2.05) is 6.92 Å². The summed E-state index contributed by atoms with van der Waals surface area (Å²) in [4.78, 5) is 25.4. The number of aliphatic hydroxyl groups is 1. The lowest BCUT2D eigenvalue weighted by molar-refractivity contribution is 0.0619. The third kappa shape index (κ3) is 2.96. The van der Waals surface area contributed by atoms with Crippen LogP contribution in [0, 0.1) is 0 Å². The van der Waals surface area contributed by atoms with E-state index in [2.05, 4.69) is 6.58 Å². The summed E-state index contributed by atoms with van der Waals surface area (Å²) >= 11 is 0. The molecule has 0 aliphatic carbocycles. The monoisotopic (exact) mass is 273 g/mol. The molecule has 1 atom stereocenters. The molecule has 1 aromatic rings. The molecule has 4 heteroatoms. The van der Waals surface area contributed by atoms with Crippen LogP contribution in [0.1, 0.15) is 46.9 Å². The number of rotatable bonds is 6. The number of aliphatic hydroxyl groups excluding tert-OH is 1. The molecule has 0 aromatic heterocycles. The van der Waals surface area contributed by atoms with Crippen molar-refractivity contribution in [3.63, 3.8) is 0 Å². The van der Waals surface area contributed by atoms with Gasteiger partial charge in [-0.1, -0.05) is 17.7 Å². The van der Waals surface area contributed by atoms with E-state index in [4.69, 9.17) is 0 Å². The second kappa shape index (κ2) is 6.01. The van der Waals surface area contributed by atoms with Crippen LogP contribution in [0.4, 0.5) is 0 Å². The van der Waals surface area contributed by atoms with Crippen LogP contribution < -0.4 is 0 Å². The Kier molecular flexibility index (Phi) is 4.35. The highest BCUT2D eigenvalue weighted by molar-refractivity contribution is 6.21. The summed E-state index contributed by atoms with van der Waals surface area (Å²) in [6.45, 7) is 5.95. The predicted molar refractivity (Wildman–Crippen MR) is 76.5 cm³/mol. The van der Waals surface area contributed by atoms with Gasteiger partial charge in [0.25, 0.3) is 11.8 Å². The molecule has 0 fully saturated rings. The molecule has 20 heavy (non-hydrogen) atoms. The zero-order valence-electron chi connectivity index (χ0n) is 11.6. The first-order chi connectivity index (χ1) is 9.50. The van der Waals surface area contributed by atoms with Crippen molar-refractivity contribution in [3.05, 3.63) is 47.5 Å². The molecule has 106 valence electrons.